The number of benzene rings is 1. The Morgan fingerprint density at radius 3 is 2.94 bits per heavy atom. The number of rotatable bonds is 2. The molecule has 0 aromatic heterocycles. The van der Waals surface area contributed by atoms with Crippen molar-refractivity contribution in [2.24, 2.45) is 0 Å². The lowest BCUT2D eigenvalue weighted by atomic mass is 10.1. The van der Waals surface area contributed by atoms with Crippen molar-refractivity contribution in [3.63, 3.8) is 0 Å². The highest BCUT2D eigenvalue weighted by molar-refractivity contribution is 9.10. The van der Waals surface area contributed by atoms with Crippen LogP contribution in [-0.2, 0) is 0 Å². The summed E-state index contributed by atoms with van der Waals surface area (Å²) in [6, 6.07) is 6.85. The van der Waals surface area contributed by atoms with E-state index in [4.69, 9.17) is 5.11 Å². The number of halogens is 1. The average Bonchev–Trinajstić information content (AvgIpc) is 2.25. The second-order valence-corrected chi connectivity index (χ2v) is 6.33. The number of anilines is 1. The Kier molecular flexibility index (Phi) is 3.82. The molecule has 1 N–H and O–H groups in total. The molecule has 1 aromatic carbocycles. The largest absolute Gasteiger partial charge is 0.396 e. The molecule has 0 amide bonds. The Hall–Kier alpha value is -0.190. The summed E-state index contributed by atoms with van der Waals surface area (Å²) in [5.74, 6) is 0. The standard InChI is InChI=1S/C12H16BrNOS/c1-8-11(5-6-15)16-12-7-9(13)3-4-10(12)14(8)2/h3-4,7-8,11,15H,5-6H2,1-2H3. The molecular formula is C12H16BrNOS. The zero-order chi connectivity index (χ0) is 11.7. The minimum Gasteiger partial charge on any atom is -0.396 e. The molecule has 2 nitrogen and oxygen atoms in total. The molecule has 1 aliphatic heterocycles. The molecule has 16 heavy (non-hydrogen) atoms. The number of hydrogen-bond donors (Lipinski definition) is 1. The van der Waals surface area contributed by atoms with Crippen molar-refractivity contribution < 1.29 is 5.11 Å². The summed E-state index contributed by atoms with van der Waals surface area (Å²) in [7, 11) is 2.13. The molecule has 88 valence electrons. The smallest absolute Gasteiger partial charge is 0.0505 e. The maximum atomic E-state index is 9.08. The third-order valence-electron chi connectivity index (χ3n) is 3.14. The van der Waals surface area contributed by atoms with Gasteiger partial charge in [-0.1, -0.05) is 15.9 Å². The Labute approximate surface area is 109 Å². The van der Waals surface area contributed by atoms with Gasteiger partial charge in [-0.2, -0.15) is 0 Å². The Balaban J connectivity index is 2.32. The first-order valence-electron chi connectivity index (χ1n) is 5.43. The van der Waals surface area contributed by atoms with Gasteiger partial charge >= 0.3 is 0 Å². The maximum absolute atomic E-state index is 9.08. The quantitative estimate of drug-likeness (QED) is 0.908. The van der Waals surface area contributed by atoms with Gasteiger partial charge in [-0.3, -0.25) is 0 Å². The molecule has 0 spiro atoms. The lowest BCUT2D eigenvalue weighted by Gasteiger charge is -2.39. The fourth-order valence-electron chi connectivity index (χ4n) is 2.03. The summed E-state index contributed by atoms with van der Waals surface area (Å²) in [6.07, 6.45) is 0.849. The molecule has 2 unspecified atom stereocenters. The number of aliphatic hydroxyl groups excluding tert-OH is 1. The number of thioether (sulfide) groups is 1. The number of hydrogen-bond acceptors (Lipinski definition) is 3. The second kappa shape index (κ2) is 4.98. The Morgan fingerprint density at radius 2 is 2.25 bits per heavy atom. The van der Waals surface area contributed by atoms with E-state index in [0.717, 1.165) is 10.9 Å². The summed E-state index contributed by atoms with van der Waals surface area (Å²) in [4.78, 5) is 3.60. The normalized spacial score (nSPS) is 24.4. The van der Waals surface area contributed by atoms with Crippen LogP contribution >= 0.6 is 27.7 Å². The van der Waals surface area contributed by atoms with Crippen molar-refractivity contribution in [1.29, 1.82) is 0 Å². The van der Waals surface area contributed by atoms with Crippen molar-refractivity contribution in [1.82, 2.24) is 0 Å². The van der Waals surface area contributed by atoms with Crippen LogP contribution in [0.15, 0.2) is 27.6 Å². The zero-order valence-electron chi connectivity index (χ0n) is 9.48. The van der Waals surface area contributed by atoms with Crippen molar-refractivity contribution in [2.75, 3.05) is 18.6 Å². The fraction of sp³-hybridized carbons (Fsp3) is 0.500. The molecule has 0 radical (unpaired) electrons. The molecule has 1 aliphatic rings. The van der Waals surface area contributed by atoms with Crippen LogP contribution < -0.4 is 4.90 Å². The van der Waals surface area contributed by atoms with Gasteiger partial charge < -0.3 is 10.0 Å². The van der Waals surface area contributed by atoms with E-state index in [1.165, 1.54) is 10.6 Å². The van der Waals surface area contributed by atoms with Crippen molar-refractivity contribution in [3.05, 3.63) is 22.7 Å². The molecule has 0 bridgehead atoms. The summed E-state index contributed by atoms with van der Waals surface area (Å²) in [6.45, 7) is 2.48. The zero-order valence-corrected chi connectivity index (χ0v) is 11.9. The number of aliphatic hydroxyl groups is 1. The molecule has 2 rings (SSSR count). The lowest BCUT2D eigenvalue weighted by Crippen LogP contribution is -2.40. The molecule has 4 heteroatoms. The van der Waals surface area contributed by atoms with Gasteiger partial charge in [0, 0.05) is 34.3 Å². The van der Waals surface area contributed by atoms with Gasteiger partial charge in [-0.15, -0.1) is 11.8 Å². The van der Waals surface area contributed by atoms with Crippen LogP contribution in [0.3, 0.4) is 0 Å². The first kappa shape index (κ1) is 12.3. The minimum absolute atomic E-state index is 0.263. The topological polar surface area (TPSA) is 23.5 Å². The average molecular weight is 302 g/mol. The molecule has 0 saturated heterocycles. The van der Waals surface area contributed by atoms with Gasteiger partial charge in [0.2, 0.25) is 0 Å². The predicted molar refractivity (Wildman–Crippen MR) is 73.4 cm³/mol. The summed E-state index contributed by atoms with van der Waals surface area (Å²) < 4.78 is 1.12. The van der Waals surface area contributed by atoms with E-state index < -0.39 is 0 Å². The van der Waals surface area contributed by atoms with Gasteiger partial charge in [0.05, 0.1) is 5.69 Å². The number of fused-ring (bicyclic) bond motifs is 1. The highest BCUT2D eigenvalue weighted by Gasteiger charge is 2.29. The van der Waals surface area contributed by atoms with Crippen molar-refractivity contribution >= 4 is 33.4 Å². The van der Waals surface area contributed by atoms with Crippen LogP contribution in [0, 0.1) is 0 Å². The summed E-state index contributed by atoms with van der Waals surface area (Å²) >= 11 is 5.38. The SMILES string of the molecule is CC1C(CCO)Sc2cc(Br)ccc2N1C. The van der Waals surface area contributed by atoms with E-state index in [1.54, 1.807) is 0 Å². The third-order valence-corrected chi connectivity index (χ3v) is 5.15. The molecular weight excluding hydrogens is 286 g/mol. The molecule has 0 saturated carbocycles. The van der Waals surface area contributed by atoms with Gasteiger partial charge in [0.25, 0.3) is 0 Å². The molecule has 0 aliphatic carbocycles. The molecule has 1 aromatic rings. The van der Waals surface area contributed by atoms with Crippen LogP contribution in [0.1, 0.15) is 13.3 Å². The van der Waals surface area contributed by atoms with Crippen LogP contribution in [0.4, 0.5) is 5.69 Å². The van der Waals surface area contributed by atoms with Gasteiger partial charge in [-0.05, 0) is 31.5 Å². The molecule has 0 fully saturated rings. The van der Waals surface area contributed by atoms with Crippen LogP contribution in [-0.4, -0.2) is 30.1 Å². The van der Waals surface area contributed by atoms with E-state index in [0.29, 0.717) is 11.3 Å². The summed E-state index contributed by atoms with van der Waals surface area (Å²) in [5.41, 5.74) is 1.29. The van der Waals surface area contributed by atoms with E-state index >= 15 is 0 Å². The second-order valence-electron chi connectivity index (χ2n) is 4.13. The van der Waals surface area contributed by atoms with Crippen LogP contribution in [0.2, 0.25) is 0 Å². The minimum atomic E-state index is 0.263. The monoisotopic (exact) mass is 301 g/mol. The molecule has 2 atom stereocenters. The first-order valence-corrected chi connectivity index (χ1v) is 7.10. The third kappa shape index (κ3) is 2.24. The van der Waals surface area contributed by atoms with E-state index in [9.17, 15) is 0 Å². The lowest BCUT2D eigenvalue weighted by molar-refractivity contribution is 0.282. The van der Waals surface area contributed by atoms with Crippen LogP contribution in [0.5, 0.6) is 0 Å². The highest BCUT2D eigenvalue weighted by atomic mass is 79.9. The van der Waals surface area contributed by atoms with Crippen molar-refractivity contribution in [2.45, 2.75) is 29.5 Å². The highest BCUT2D eigenvalue weighted by Crippen LogP contribution is 2.42. The van der Waals surface area contributed by atoms with E-state index in [-0.39, 0.29) is 6.61 Å². The fourth-order valence-corrected chi connectivity index (χ4v) is 4.00. The van der Waals surface area contributed by atoms with Crippen molar-refractivity contribution in [3.8, 4) is 0 Å². The van der Waals surface area contributed by atoms with Gasteiger partial charge in [-0.25, -0.2) is 0 Å². The first-order chi connectivity index (χ1) is 7.63. The summed E-state index contributed by atoms with van der Waals surface area (Å²) in [5, 5.41) is 9.55. The van der Waals surface area contributed by atoms with Gasteiger partial charge in [0.15, 0.2) is 0 Å². The Morgan fingerprint density at radius 1 is 1.50 bits per heavy atom. The predicted octanol–water partition coefficient (Wildman–Crippen LogP) is 3.13. The van der Waals surface area contributed by atoms with Gasteiger partial charge in [0.1, 0.15) is 0 Å². The number of nitrogens with zero attached hydrogens (tertiary/aromatic N) is 1. The van der Waals surface area contributed by atoms with Crippen LogP contribution in [0.25, 0.3) is 0 Å². The molecule has 1 heterocycles. The maximum Gasteiger partial charge on any atom is 0.0505 e. The Bertz CT molecular complexity index is 385. The van der Waals surface area contributed by atoms with E-state index in [1.807, 2.05) is 11.8 Å². The van der Waals surface area contributed by atoms with E-state index in [2.05, 4.69) is 53.0 Å².